The molecule has 4 heteroatoms. The second-order valence-corrected chi connectivity index (χ2v) is 2.32. The zero-order chi connectivity index (χ0) is 6.85. The first kappa shape index (κ1) is 9.30. The summed E-state index contributed by atoms with van der Waals surface area (Å²) in [5.74, 6) is 0.727. The topological polar surface area (TPSA) is 43.8 Å². The molecule has 0 saturated carbocycles. The lowest BCUT2D eigenvalue weighted by molar-refractivity contribution is 0.607. The van der Waals surface area contributed by atoms with Gasteiger partial charge in [0.05, 0.1) is 12.5 Å². The van der Waals surface area contributed by atoms with Gasteiger partial charge in [-0.15, -0.1) is 12.4 Å². The van der Waals surface area contributed by atoms with Crippen LogP contribution in [0.2, 0.25) is 0 Å². The Morgan fingerprint density at radius 2 is 2.20 bits per heavy atom. The van der Waals surface area contributed by atoms with Crippen LogP contribution in [0.4, 0.5) is 5.82 Å². The molecule has 0 aliphatic carbocycles. The van der Waals surface area contributed by atoms with E-state index in [1.165, 1.54) is 0 Å². The average molecular weight is 162 g/mol. The summed E-state index contributed by atoms with van der Waals surface area (Å²) >= 11 is 0. The second-order valence-electron chi connectivity index (χ2n) is 2.32. The van der Waals surface area contributed by atoms with Crippen LogP contribution in [0.15, 0.2) is 12.5 Å². The highest BCUT2D eigenvalue weighted by Gasteiger charge is 1.98. The molecule has 0 saturated heterocycles. The standard InChI is InChI=1S/C6H11N3.ClH/c1-5(2)9-4-8-3-6(9)7;/h3-5H,7H2,1-2H3;1H. The number of hydrogen-bond acceptors (Lipinski definition) is 2. The molecule has 2 N–H and O–H groups in total. The predicted octanol–water partition coefficient (Wildman–Crippen LogP) is 1.47. The van der Waals surface area contributed by atoms with Gasteiger partial charge in [0.25, 0.3) is 0 Å². The Balaban J connectivity index is 0.000000810. The first-order chi connectivity index (χ1) is 4.22. The second kappa shape index (κ2) is 3.46. The molecule has 0 aromatic carbocycles. The Kier molecular flexibility index (Phi) is 3.22. The van der Waals surface area contributed by atoms with Crippen molar-refractivity contribution in [1.29, 1.82) is 0 Å². The van der Waals surface area contributed by atoms with Gasteiger partial charge in [-0.25, -0.2) is 4.98 Å². The van der Waals surface area contributed by atoms with E-state index in [0.29, 0.717) is 6.04 Å². The Bertz CT molecular complexity index is 195. The van der Waals surface area contributed by atoms with Crippen LogP contribution < -0.4 is 5.73 Å². The Morgan fingerprint density at radius 3 is 2.40 bits per heavy atom. The molecule has 3 nitrogen and oxygen atoms in total. The van der Waals surface area contributed by atoms with Crippen LogP contribution in [0.3, 0.4) is 0 Å². The number of nitrogens with two attached hydrogens (primary N) is 1. The Labute approximate surface area is 66.7 Å². The minimum atomic E-state index is 0. The van der Waals surface area contributed by atoms with Gasteiger partial charge in [-0.1, -0.05) is 0 Å². The lowest BCUT2D eigenvalue weighted by Crippen LogP contribution is -2.02. The van der Waals surface area contributed by atoms with E-state index in [0.717, 1.165) is 5.82 Å². The quantitative estimate of drug-likeness (QED) is 0.678. The molecule has 1 rings (SSSR count). The predicted molar refractivity (Wildman–Crippen MR) is 44.3 cm³/mol. The molecule has 0 aliphatic rings. The zero-order valence-corrected chi connectivity index (χ0v) is 6.93. The smallest absolute Gasteiger partial charge is 0.123 e. The molecule has 0 fully saturated rings. The summed E-state index contributed by atoms with van der Waals surface area (Å²) in [5, 5.41) is 0. The van der Waals surface area contributed by atoms with Crippen molar-refractivity contribution in [3.63, 3.8) is 0 Å². The Hall–Kier alpha value is -0.700. The molecule has 1 heterocycles. The van der Waals surface area contributed by atoms with Gasteiger partial charge >= 0.3 is 0 Å². The summed E-state index contributed by atoms with van der Waals surface area (Å²) in [6, 6.07) is 0.410. The summed E-state index contributed by atoms with van der Waals surface area (Å²) in [5.41, 5.74) is 5.54. The summed E-state index contributed by atoms with van der Waals surface area (Å²) in [6.07, 6.45) is 3.39. The molecular weight excluding hydrogens is 150 g/mol. The molecule has 0 atom stereocenters. The highest BCUT2D eigenvalue weighted by Crippen LogP contribution is 2.08. The van der Waals surface area contributed by atoms with E-state index in [9.17, 15) is 0 Å². The zero-order valence-electron chi connectivity index (χ0n) is 6.11. The van der Waals surface area contributed by atoms with Crippen molar-refractivity contribution < 1.29 is 0 Å². The highest BCUT2D eigenvalue weighted by molar-refractivity contribution is 5.85. The maximum Gasteiger partial charge on any atom is 0.123 e. The molecule has 0 spiro atoms. The van der Waals surface area contributed by atoms with E-state index >= 15 is 0 Å². The van der Waals surface area contributed by atoms with Crippen LogP contribution in [-0.4, -0.2) is 9.55 Å². The third-order valence-corrected chi connectivity index (χ3v) is 1.25. The number of halogens is 1. The van der Waals surface area contributed by atoms with Crippen molar-refractivity contribution in [2.45, 2.75) is 19.9 Å². The van der Waals surface area contributed by atoms with E-state index in [4.69, 9.17) is 5.73 Å². The molecular formula is C6H12ClN3. The van der Waals surface area contributed by atoms with E-state index < -0.39 is 0 Å². The minimum absolute atomic E-state index is 0. The van der Waals surface area contributed by atoms with Crippen LogP contribution in [0.5, 0.6) is 0 Å². The van der Waals surface area contributed by atoms with Gasteiger partial charge in [-0.05, 0) is 13.8 Å². The fourth-order valence-corrected chi connectivity index (χ4v) is 0.746. The van der Waals surface area contributed by atoms with Gasteiger partial charge in [0.2, 0.25) is 0 Å². The van der Waals surface area contributed by atoms with Crippen LogP contribution >= 0.6 is 12.4 Å². The van der Waals surface area contributed by atoms with E-state index in [-0.39, 0.29) is 12.4 Å². The SMILES string of the molecule is CC(C)n1cncc1N.Cl. The largest absolute Gasteiger partial charge is 0.384 e. The van der Waals surface area contributed by atoms with Gasteiger partial charge in [0.15, 0.2) is 0 Å². The van der Waals surface area contributed by atoms with Gasteiger partial charge in [0.1, 0.15) is 5.82 Å². The van der Waals surface area contributed by atoms with Gasteiger partial charge in [0, 0.05) is 6.04 Å². The molecule has 0 bridgehead atoms. The molecule has 0 radical (unpaired) electrons. The molecule has 58 valence electrons. The third-order valence-electron chi connectivity index (χ3n) is 1.25. The molecule has 1 aromatic heterocycles. The number of nitrogens with zero attached hydrogens (tertiary/aromatic N) is 2. The number of anilines is 1. The molecule has 10 heavy (non-hydrogen) atoms. The summed E-state index contributed by atoms with van der Waals surface area (Å²) in [6.45, 7) is 4.14. The summed E-state index contributed by atoms with van der Waals surface area (Å²) < 4.78 is 1.92. The number of aromatic nitrogens is 2. The van der Waals surface area contributed by atoms with Crippen molar-refractivity contribution in [3.8, 4) is 0 Å². The normalized spacial score (nSPS) is 9.50. The van der Waals surface area contributed by atoms with Gasteiger partial charge in [-0.2, -0.15) is 0 Å². The number of imidazole rings is 1. The average Bonchev–Trinajstić information content (AvgIpc) is 2.13. The van der Waals surface area contributed by atoms with Crippen LogP contribution in [0, 0.1) is 0 Å². The fraction of sp³-hybridized carbons (Fsp3) is 0.500. The molecule has 1 aromatic rings. The monoisotopic (exact) mass is 161 g/mol. The number of nitrogen functional groups attached to an aromatic ring is 1. The Morgan fingerprint density at radius 1 is 1.60 bits per heavy atom. The van der Waals surface area contributed by atoms with E-state index in [1.54, 1.807) is 12.5 Å². The molecule has 0 aliphatic heterocycles. The molecule has 0 amide bonds. The van der Waals surface area contributed by atoms with Gasteiger partial charge in [-0.3, -0.25) is 0 Å². The minimum Gasteiger partial charge on any atom is -0.384 e. The van der Waals surface area contributed by atoms with Crippen LogP contribution in [0.25, 0.3) is 0 Å². The maximum absolute atomic E-state index is 5.54. The van der Waals surface area contributed by atoms with Gasteiger partial charge < -0.3 is 10.3 Å². The number of hydrogen-bond donors (Lipinski definition) is 1. The van der Waals surface area contributed by atoms with Crippen molar-refractivity contribution in [1.82, 2.24) is 9.55 Å². The highest BCUT2D eigenvalue weighted by atomic mass is 35.5. The fourth-order valence-electron chi connectivity index (χ4n) is 0.746. The van der Waals surface area contributed by atoms with Crippen LogP contribution in [0.1, 0.15) is 19.9 Å². The van der Waals surface area contributed by atoms with Crippen LogP contribution in [-0.2, 0) is 0 Å². The van der Waals surface area contributed by atoms with Crippen molar-refractivity contribution in [2.24, 2.45) is 0 Å². The van der Waals surface area contributed by atoms with Crippen molar-refractivity contribution in [3.05, 3.63) is 12.5 Å². The number of rotatable bonds is 1. The van der Waals surface area contributed by atoms with E-state index in [1.807, 2.05) is 4.57 Å². The summed E-state index contributed by atoms with van der Waals surface area (Å²) in [7, 11) is 0. The summed E-state index contributed by atoms with van der Waals surface area (Å²) in [4.78, 5) is 3.88. The third kappa shape index (κ3) is 1.64. The van der Waals surface area contributed by atoms with Crippen molar-refractivity contribution in [2.75, 3.05) is 5.73 Å². The lowest BCUT2D eigenvalue weighted by Gasteiger charge is -2.06. The first-order valence-electron chi connectivity index (χ1n) is 2.99. The molecule has 0 unspecified atom stereocenters. The van der Waals surface area contributed by atoms with Crippen molar-refractivity contribution >= 4 is 18.2 Å². The lowest BCUT2D eigenvalue weighted by atomic mass is 10.4. The van der Waals surface area contributed by atoms with E-state index in [2.05, 4.69) is 18.8 Å². The first-order valence-corrected chi connectivity index (χ1v) is 2.99. The maximum atomic E-state index is 5.54.